The zero-order valence-electron chi connectivity index (χ0n) is 8.37. The Kier molecular flexibility index (Phi) is 10.2. The largest absolute Gasteiger partial charge is 0.464 e. The number of aliphatic hydroxyl groups is 3. The van der Waals surface area contributed by atoms with Gasteiger partial charge in [-0.25, -0.2) is 0 Å². The van der Waals surface area contributed by atoms with Gasteiger partial charge >= 0.3 is 5.97 Å². The van der Waals surface area contributed by atoms with Gasteiger partial charge < -0.3 is 20.1 Å². The zero-order chi connectivity index (χ0) is 12.4. The van der Waals surface area contributed by atoms with Crippen LogP contribution in [0.15, 0.2) is 0 Å². The molecule has 0 rings (SSSR count). The lowest BCUT2D eigenvalue weighted by Crippen LogP contribution is -2.39. The molecule has 16 heavy (non-hydrogen) atoms. The maximum Gasteiger partial charge on any atom is 0.316 e. The number of aliphatic hydroxyl groups excluding tert-OH is 3. The second-order valence-corrected chi connectivity index (χ2v) is 7.98. The Labute approximate surface area is 110 Å². The molecular formula is C7H14O5S4. The van der Waals surface area contributed by atoms with Crippen molar-refractivity contribution in [3.05, 3.63) is 0 Å². The van der Waals surface area contributed by atoms with Gasteiger partial charge in [0.05, 0.1) is 25.2 Å². The van der Waals surface area contributed by atoms with E-state index < -0.39 is 31.2 Å². The van der Waals surface area contributed by atoms with Gasteiger partial charge in [0.25, 0.3) is 0 Å². The Hall–Kier alpha value is 0.750. The predicted molar refractivity (Wildman–Crippen MR) is 71.3 cm³/mol. The second kappa shape index (κ2) is 9.75. The Morgan fingerprint density at radius 1 is 1.25 bits per heavy atom. The summed E-state index contributed by atoms with van der Waals surface area (Å²) in [5.74, 6) is -0.309. The van der Waals surface area contributed by atoms with E-state index in [1.807, 2.05) is 0 Å². The summed E-state index contributed by atoms with van der Waals surface area (Å²) in [6.45, 7) is -1.53. The number of carbonyl (C=O) groups excluding carboxylic acids is 1. The highest BCUT2D eigenvalue weighted by Crippen LogP contribution is 2.36. The summed E-state index contributed by atoms with van der Waals surface area (Å²) in [6, 6.07) is 0. The maximum atomic E-state index is 11.2. The lowest BCUT2D eigenvalue weighted by molar-refractivity contribution is -0.148. The third-order valence-electron chi connectivity index (χ3n) is 1.80. The van der Waals surface area contributed by atoms with Crippen molar-refractivity contribution in [3.63, 3.8) is 0 Å². The van der Waals surface area contributed by atoms with Crippen molar-refractivity contribution in [3.8, 4) is 0 Å². The first-order valence-corrected chi connectivity index (χ1v) is 8.92. The van der Waals surface area contributed by atoms with Crippen molar-refractivity contribution >= 4 is 48.1 Å². The molecule has 0 aromatic rings. The zero-order valence-corrected chi connectivity index (χ0v) is 11.7. The van der Waals surface area contributed by atoms with E-state index in [1.165, 1.54) is 30.4 Å². The summed E-state index contributed by atoms with van der Waals surface area (Å²) < 4.78 is 4.84. The molecule has 0 atom stereocenters. The molecule has 3 N–H and O–H groups in total. The van der Waals surface area contributed by atoms with E-state index in [0.29, 0.717) is 0 Å². The SMILES string of the molecule is O=C(CSSSS)OCC(CO)(CO)CO. The van der Waals surface area contributed by atoms with Gasteiger partial charge in [-0.05, 0) is 19.7 Å². The third-order valence-corrected chi connectivity index (χ3v) is 6.19. The lowest BCUT2D eigenvalue weighted by atomic mass is 9.93. The van der Waals surface area contributed by atoms with E-state index in [2.05, 4.69) is 11.7 Å². The van der Waals surface area contributed by atoms with E-state index >= 15 is 0 Å². The standard InChI is InChI=1S/C7H14O5S4/c8-2-7(3-9,4-10)5-12-6(11)1-14-16-15-13/h8-10,13H,1-5H2. The van der Waals surface area contributed by atoms with Gasteiger partial charge in [0.2, 0.25) is 0 Å². The predicted octanol–water partition coefficient (Wildman–Crippen LogP) is 0.367. The molecule has 0 heterocycles. The van der Waals surface area contributed by atoms with Crippen LogP contribution in [-0.2, 0) is 9.53 Å². The van der Waals surface area contributed by atoms with Gasteiger partial charge in [-0.15, -0.1) is 0 Å². The fraction of sp³-hybridized carbons (Fsp3) is 0.857. The van der Waals surface area contributed by atoms with Crippen LogP contribution in [0.5, 0.6) is 0 Å². The van der Waals surface area contributed by atoms with E-state index in [9.17, 15) is 4.79 Å². The van der Waals surface area contributed by atoms with Crippen molar-refractivity contribution in [1.29, 1.82) is 0 Å². The van der Waals surface area contributed by atoms with Gasteiger partial charge in [0.1, 0.15) is 12.4 Å². The second-order valence-electron chi connectivity index (χ2n) is 3.04. The van der Waals surface area contributed by atoms with E-state index in [0.717, 1.165) is 0 Å². The van der Waals surface area contributed by atoms with Crippen LogP contribution in [0.25, 0.3) is 0 Å². The van der Waals surface area contributed by atoms with Crippen molar-refractivity contribution in [2.75, 3.05) is 32.2 Å². The summed E-state index contributed by atoms with van der Waals surface area (Å²) in [6.07, 6.45) is 0. The van der Waals surface area contributed by atoms with E-state index in [4.69, 9.17) is 20.1 Å². The minimum Gasteiger partial charge on any atom is -0.464 e. The molecule has 0 aromatic carbocycles. The summed E-state index contributed by atoms with van der Waals surface area (Å²) >= 11 is 3.87. The molecule has 0 aliphatic heterocycles. The van der Waals surface area contributed by atoms with Crippen molar-refractivity contribution < 1.29 is 24.9 Å². The first-order valence-electron chi connectivity index (χ1n) is 4.22. The summed E-state index contributed by atoms with van der Waals surface area (Å²) in [5.41, 5.74) is -1.16. The van der Waals surface area contributed by atoms with E-state index in [1.54, 1.807) is 0 Å². The average molecular weight is 306 g/mol. The molecule has 0 radical (unpaired) electrons. The van der Waals surface area contributed by atoms with Crippen molar-refractivity contribution in [1.82, 2.24) is 0 Å². The molecule has 9 heteroatoms. The number of esters is 1. The number of ether oxygens (including phenoxy) is 1. The average Bonchev–Trinajstić information content (AvgIpc) is 2.32. The topological polar surface area (TPSA) is 87.0 Å². The maximum absolute atomic E-state index is 11.2. The van der Waals surface area contributed by atoms with Crippen LogP contribution in [0.3, 0.4) is 0 Å². The normalized spacial score (nSPS) is 11.5. The molecule has 0 aromatic heterocycles. The molecule has 96 valence electrons. The van der Waals surface area contributed by atoms with Crippen LogP contribution in [0.2, 0.25) is 0 Å². The van der Waals surface area contributed by atoms with Crippen LogP contribution in [0.1, 0.15) is 0 Å². The van der Waals surface area contributed by atoms with Crippen LogP contribution in [0, 0.1) is 5.41 Å². The van der Waals surface area contributed by atoms with Crippen molar-refractivity contribution in [2.45, 2.75) is 0 Å². The Balaban J connectivity index is 3.87. The number of carbonyl (C=O) groups is 1. The smallest absolute Gasteiger partial charge is 0.316 e. The molecule has 0 aliphatic carbocycles. The highest BCUT2D eigenvalue weighted by molar-refractivity contribution is 9.23. The molecule has 0 amide bonds. The Bertz CT molecular complexity index is 191. The fourth-order valence-electron chi connectivity index (χ4n) is 0.656. The van der Waals surface area contributed by atoms with Gasteiger partial charge in [-0.1, -0.05) is 22.5 Å². The fourth-order valence-corrected chi connectivity index (χ4v) is 3.47. The number of hydrogen-bond donors (Lipinski definition) is 4. The molecule has 5 nitrogen and oxygen atoms in total. The first-order chi connectivity index (χ1) is 7.64. The van der Waals surface area contributed by atoms with Crippen LogP contribution >= 0.6 is 42.1 Å². The van der Waals surface area contributed by atoms with E-state index in [-0.39, 0.29) is 12.4 Å². The van der Waals surface area contributed by atoms with Crippen LogP contribution in [0.4, 0.5) is 0 Å². The Morgan fingerprint density at radius 2 is 1.81 bits per heavy atom. The third kappa shape index (κ3) is 6.48. The van der Waals surface area contributed by atoms with Gasteiger partial charge in [0.15, 0.2) is 0 Å². The minimum atomic E-state index is -1.16. The molecular weight excluding hydrogens is 292 g/mol. The quantitative estimate of drug-likeness (QED) is 0.210. The summed E-state index contributed by atoms with van der Waals surface area (Å²) in [7, 11) is 3.84. The lowest BCUT2D eigenvalue weighted by Gasteiger charge is -2.26. The molecule has 0 spiro atoms. The highest BCUT2D eigenvalue weighted by Gasteiger charge is 2.30. The first kappa shape index (κ1) is 16.8. The molecule has 0 aliphatic rings. The minimum absolute atomic E-state index is 0.149. The van der Waals surface area contributed by atoms with Gasteiger partial charge in [-0.3, -0.25) is 4.79 Å². The summed E-state index contributed by atoms with van der Waals surface area (Å²) in [5, 5.41) is 26.9. The Morgan fingerprint density at radius 3 is 2.25 bits per heavy atom. The van der Waals surface area contributed by atoms with Crippen LogP contribution in [-0.4, -0.2) is 53.5 Å². The molecule has 0 saturated carbocycles. The molecule has 0 fully saturated rings. The number of rotatable bonds is 9. The number of hydrogen-bond acceptors (Lipinski definition) is 9. The molecule has 0 unspecified atom stereocenters. The highest BCUT2D eigenvalue weighted by atomic mass is 33.7. The van der Waals surface area contributed by atoms with Gasteiger partial charge in [0, 0.05) is 0 Å². The molecule has 0 saturated heterocycles. The van der Waals surface area contributed by atoms with Crippen LogP contribution < -0.4 is 0 Å². The monoisotopic (exact) mass is 306 g/mol. The molecule has 0 bridgehead atoms. The number of thiol groups is 1. The summed E-state index contributed by atoms with van der Waals surface area (Å²) in [4.78, 5) is 11.2. The van der Waals surface area contributed by atoms with Crippen molar-refractivity contribution in [2.24, 2.45) is 5.41 Å². The van der Waals surface area contributed by atoms with Gasteiger partial charge in [-0.2, -0.15) is 0 Å².